The fourth-order valence-corrected chi connectivity index (χ4v) is 3.62. The predicted molar refractivity (Wildman–Crippen MR) is 104 cm³/mol. The summed E-state index contributed by atoms with van der Waals surface area (Å²) in [6.07, 6.45) is 0. The average molecular weight is 386 g/mol. The van der Waals surface area contributed by atoms with Crippen molar-refractivity contribution in [3.63, 3.8) is 0 Å². The summed E-state index contributed by atoms with van der Waals surface area (Å²) in [6, 6.07) is 9.33. The van der Waals surface area contributed by atoms with Crippen molar-refractivity contribution < 1.29 is 17.9 Å². The van der Waals surface area contributed by atoms with Gasteiger partial charge in [0, 0.05) is 54.4 Å². The number of hydrogen-bond donors (Lipinski definition) is 1. The van der Waals surface area contributed by atoms with Gasteiger partial charge in [-0.05, 0) is 31.2 Å². The zero-order valence-electron chi connectivity index (χ0n) is 15.6. The molecule has 0 aliphatic carbocycles. The Hall–Kier alpha value is -2.93. The second-order valence-corrected chi connectivity index (χ2v) is 6.94. The third-order valence-corrected chi connectivity index (χ3v) is 4.96. The third-order valence-electron chi connectivity index (χ3n) is 4.96. The van der Waals surface area contributed by atoms with Gasteiger partial charge in [-0.15, -0.1) is 0 Å². The molecule has 1 aliphatic heterocycles. The third kappa shape index (κ3) is 3.33. The van der Waals surface area contributed by atoms with Crippen LogP contribution in [0.4, 0.5) is 14.5 Å². The molecule has 0 saturated carbocycles. The molecule has 1 aliphatic rings. The summed E-state index contributed by atoms with van der Waals surface area (Å²) in [6.45, 7) is 4.71. The number of anilines is 1. The minimum atomic E-state index is -0.875. The van der Waals surface area contributed by atoms with Crippen LogP contribution in [0.3, 0.4) is 0 Å². The first-order valence-electron chi connectivity index (χ1n) is 9.06. The Morgan fingerprint density at radius 3 is 2.75 bits per heavy atom. The van der Waals surface area contributed by atoms with Crippen molar-refractivity contribution in [1.29, 1.82) is 0 Å². The standard InChI is InChI=1S/C21H20F2N2O3/c1-12-11-25(6-5-24-12)15-4-3-13-7-17(21(26)28-19(13)10-15)16-8-14(22)9-18(23)20(16)27-2/h3-4,7-10,12,24H,5-6,11H2,1-2H3/t12-/m0/s1. The van der Waals surface area contributed by atoms with Crippen LogP contribution in [0, 0.1) is 11.6 Å². The van der Waals surface area contributed by atoms with Crippen molar-refractivity contribution >= 4 is 16.7 Å². The second kappa shape index (κ2) is 7.24. The van der Waals surface area contributed by atoms with Crippen LogP contribution in [0.15, 0.2) is 45.6 Å². The molecule has 4 rings (SSSR count). The Kier molecular flexibility index (Phi) is 4.77. The number of rotatable bonds is 3. The number of hydrogen-bond acceptors (Lipinski definition) is 5. The zero-order valence-corrected chi connectivity index (χ0v) is 15.6. The molecule has 0 unspecified atom stereocenters. The van der Waals surface area contributed by atoms with Gasteiger partial charge in [-0.1, -0.05) is 0 Å². The molecule has 1 aromatic heterocycles. The van der Waals surface area contributed by atoms with Crippen LogP contribution in [-0.2, 0) is 0 Å². The molecule has 3 aromatic rings. The maximum absolute atomic E-state index is 14.0. The molecule has 7 heteroatoms. The van der Waals surface area contributed by atoms with Crippen molar-refractivity contribution in [2.75, 3.05) is 31.6 Å². The van der Waals surface area contributed by atoms with Gasteiger partial charge in [0.1, 0.15) is 11.4 Å². The number of ether oxygens (including phenoxy) is 1. The van der Waals surface area contributed by atoms with Crippen molar-refractivity contribution in [1.82, 2.24) is 5.32 Å². The first kappa shape index (κ1) is 18.4. The van der Waals surface area contributed by atoms with E-state index in [1.807, 2.05) is 18.2 Å². The molecule has 146 valence electrons. The molecular formula is C21H20F2N2O3. The number of halogens is 2. The Morgan fingerprint density at radius 2 is 2.00 bits per heavy atom. The molecule has 2 aromatic carbocycles. The number of nitrogens with zero attached hydrogens (tertiary/aromatic N) is 1. The lowest BCUT2D eigenvalue weighted by Gasteiger charge is -2.33. The molecule has 0 bridgehead atoms. The number of fused-ring (bicyclic) bond motifs is 1. The molecule has 0 radical (unpaired) electrons. The summed E-state index contributed by atoms with van der Waals surface area (Å²) in [5, 5.41) is 4.05. The smallest absolute Gasteiger partial charge is 0.344 e. The topological polar surface area (TPSA) is 54.7 Å². The van der Waals surface area contributed by atoms with Gasteiger partial charge < -0.3 is 19.4 Å². The molecule has 28 heavy (non-hydrogen) atoms. The second-order valence-electron chi connectivity index (χ2n) is 6.94. The van der Waals surface area contributed by atoms with E-state index < -0.39 is 17.3 Å². The van der Waals surface area contributed by atoms with E-state index in [1.54, 1.807) is 6.07 Å². The molecule has 1 N–H and O–H groups in total. The quantitative estimate of drug-likeness (QED) is 0.698. The van der Waals surface area contributed by atoms with Crippen molar-refractivity contribution in [2.45, 2.75) is 13.0 Å². The maximum atomic E-state index is 14.0. The van der Waals surface area contributed by atoms with E-state index in [0.717, 1.165) is 31.4 Å². The van der Waals surface area contributed by atoms with Crippen LogP contribution in [0.2, 0.25) is 0 Å². The molecule has 0 spiro atoms. The van der Waals surface area contributed by atoms with Gasteiger partial charge >= 0.3 is 5.63 Å². The molecule has 0 amide bonds. The summed E-state index contributed by atoms with van der Waals surface area (Å²) in [5.74, 6) is -1.87. The monoisotopic (exact) mass is 386 g/mol. The van der Waals surface area contributed by atoms with E-state index in [1.165, 1.54) is 7.11 Å². The van der Waals surface area contributed by atoms with Crippen LogP contribution in [0.1, 0.15) is 6.92 Å². The van der Waals surface area contributed by atoms with Crippen molar-refractivity contribution in [3.8, 4) is 16.9 Å². The van der Waals surface area contributed by atoms with Crippen molar-refractivity contribution in [3.05, 3.63) is 58.5 Å². The highest BCUT2D eigenvalue weighted by Crippen LogP contribution is 2.33. The van der Waals surface area contributed by atoms with E-state index in [0.29, 0.717) is 23.1 Å². The fourth-order valence-electron chi connectivity index (χ4n) is 3.62. The molecular weight excluding hydrogens is 366 g/mol. The lowest BCUT2D eigenvalue weighted by Crippen LogP contribution is -2.49. The molecule has 2 heterocycles. The predicted octanol–water partition coefficient (Wildman–Crippen LogP) is 3.54. The lowest BCUT2D eigenvalue weighted by atomic mass is 10.0. The first-order valence-corrected chi connectivity index (χ1v) is 9.06. The van der Waals surface area contributed by atoms with Gasteiger partial charge in [0.05, 0.1) is 12.7 Å². The van der Waals surface area contributed by atoms with Gasteiger partial charge in [-0.2, -0.15) is 0 Å². The maximum Gasteiger partial charge on any atom is 0.344 e. The average Bonchev–Trinajstić information content (AvgIpc) is 2.66. The molecule has 5 nitrogen and oxygen atoms in total. The van der Waals surface area contributed by atoms with E-state index in [2.05, 4.69) is 17.1 Å². The van der Waals surface area contributed by atoms with Gasteiger partial charge in [-0.25, -0.2) is 13.6 Å². The fraction of sp³-hybridized carbons (Fsp3) is 0.286. The van der Waals surface area contributed by atoms with Crippen LogP contribution in [0.5, 0.6) is 5.75 Å². The Labute approximate surface area is 160 Å². The van der Waals surface area contributed by atoms with E-state index in [9.17, 15) is 13.6 Å². The molecule has 1 saturated heterocycles. The van der Waals surface area contributed by atoms with Crippen LogP contribution in [-0.4, -0.2) is 32.8 Å². The largest absolute Gasteiger partial charge is 0.493 e. The highest BCUT2D eigenvalue weighted by molar-refractivity contribution is 5.85. The van der Waals surface area contributed by atoms with Crippen molar-refractivity contribution in [2.24, 2.45) is 0 Å². The number of piperazine rings is 1. The first-order chi connectivity index (χ1) is 13.5. The van der Waals surface area contributed by atoms with Crippen LogP contribution >= 0.6 is 0 Å². The van der Waals surface area contributed by atoms with E-state index in [-0.39, 0.29) is 16.9 Å². The lowest BCUT2D eigenvalue weighted by molar-refractivity contribution is 0.385. The SMILES string of the molecule is COc1c(F)cc(F)cc1-c1cc2ccc(N3CCN[C@@H](C)C3)cc2oc1=O. The van der Waals surface area contributed by atoms with Gasteiger partial charge in [0.25, 0.3) is 0 Å². The summed E-state index contributed by atoms with van der Waals surface area (Å²) >= 11 is 0. The van der Waals surface area contributed by atoms with Gasteiger partial charge in [-0.3, -0.25) is 0 Å². The van der Waals surface area contributed by atoms with Crippen LogP contribution in [0.25, 0.3) is 22.1 Å². The summed E-state index contributed by atoms with van der Waals surface area (Å²) in [7, 11) is 1.27. The zero-order chi connectivity index (χ0) is 19.8. The van der Waals surface area contributed by atoms with Crippen LogP contribution < -0.4 is 20.6 Å². The number of benzene rings is 2. The highest BCUT2D eigenvalue weighted by Gasteiger charge is 2.19. The van der Waals surface area contributed by atoms with E-state index >= 15 is 0 Å². The Bertz CT molecular complexity index is 1100. The summed E-state index contributed by atoms with van der Waals surface area (Å²) < 4.78 is 38.3. The summed E-state index contributed by atoms with van der Waals surface area (Å²) in [5.41, 5.74) is 0.781. The Morgan fingerprint density at radius 1 is 1.18 bits per heavy atom. The highest BCUT2D eigenvalue weighted by atomic mass is 19.1. The van der Waals surface area contributed by atoms with Gasteiger partial charge in [0.2, 0.25) is 0 Å². The van der Waals surface area contributed by atoms with Gasteiger partial charge in [0.15, 0.2) is 11.6 Å². The minimum Gasteiger partial charge on any atom is -0.493 e. The molecule has 1 fully saturated rings. The molecule has 1 atom stereocenters. The number of nitrogens with one attached hydrogen (secondary N) is 1. The Balaban J connectivity index is 1.80. The minimum absolute atomic E-state index is 0.0238. The summed E-state index contributed by atoms with van der Waals surface area (Å²) in [4.78, 5) is 14.8. The number of methoxy groups -OCH3 is 1. The normalized spacial score (nSPS) is 17.1. The van der Waals surface area contributed by atoms with E-state index in [4.69, 9.17) is 9.15 Å².